The lowest BCUT2D eigenvalue weighted by Gasteiger charge is -2.26. The third-order valence-electron chi connectivity index (χ3n) is 2.44. The summed E-state index contributed by atoms with van der Waals surface area (Å²) in [6, 6.07) is 0.565. The SMILES string of the molecule is CC(C)OC(=O)NC1CCC(N)CC1. The van der Waals surface area contributed by atoms with Gasteiger partial charge in [0.1, 0.15) is 0 Å². The van der Waals surface area contributed by atoms with E-state index < -0.39 is 0 Å². The van der Waals surface area contributed by atoms with Gasteiger partial charge >= 0.3 is 6.09 Å². The molecule has 0 aromatic heterocycles. The zero-order chi connectivity index (χ0) is 10.6. The predicted molar refractivity (Wildman–Crippen MR) is 55.0 cm³/mol. The van der Waals surface area contributed by atoms with E-state index in [1.807, 2.05) is 13.8 Å². The van der Waals surface area contributed by atoms with Crippen molar-refractivity contribution in [1.82, 2.24) is 5.32 Å². The summed E-state index contributed by atoms with van der Waals surface area (Å²) in [6.45, 7) is 3.69. The van der Waals surface area contributed by atoms with Gasteiger partial charge in [0.25, 0.3) is 0 Å². The number of hydrogen-bond acceptors (Lipinski definition) is 3. The molecule has 0 aliphatic heterocycles. The molecule has 1 aliphatic rings. The Morgan fingerprint density at radius 2 is 1.93 bits per heavy atom. The van der Waals surface area contributed by atoms with Crippen LogP contribution in [0.5, 0.6) is 0 Å². The quantitative estimate of drug-likeness (QED) is 0.708. The molecule has 1 rings (SSSR count). The molecule has 0 atom stereocenters. The molecule has 0 unspecified atom stereocenters. The van der Waals surface area contributed by atoms with Crippen LogP contribution in [-0.4, -0.2) is 24.3 Å². The Balaban J connectivity index is 2.20. The van der Waals surface area contributed by atoms with E-state index in [2.05, 4.69) is 5.32 Å². The van der Waals surface area contributed by atoms with E-state index in [9.17, 15) is 4.79 Å². The van der Waals surface area contributed by atoms with E-state index in [0.717, 1.165) is 25.7 Å². The molecule has 0 saturated heterocycles. The van der Waals surface area contributed by atoms with Gasteiger partial charge in [0.15, 0.2) is 0 Å². The number of hydrogen-bond donors (Lipinski definition) is 2. The minimum absolute atomic E-state index is 0.0548. The Hall–Kier alpha value is -0.770. The van der Waals surface area contributed by atoms with Crippen LogP contribution in [0, 0.1) is 0 Å². The van der Waals surface area contributed by atoms with Gasteiger partial charge in [-0.25, -0.2) is 4.79 Å². The number of amides is 1. The summed E-state index contributed by atoms with van der Waals surface area (Å²) < 4.78 is 5.00. The van der Waals surface area contributed by atoms with Crippen molar-refractivity contribution < 1.29 is 9.53 Å². The van der Waals surface area contributed by atoms with E-state index in [1.165, 1.54) is 0 Å². The highest BCUT2D eigenvalue weighted by atomic mass is 16.6. The van der Waals surface area contributed by atoms with Gasteiger partial charge in [-0.3, -0.25) is 0 Å². The number of alkyl carbamates (subject to hydrolysis) is 1. The Morgan fingerprint density at radius 1 is 1.36 bits per heavy atom. The smallest absolute Gasteiger partial charge is 0.407 e. The van der Waals surface area contributed by atoms with Gasteiger partial charge in [0, 0.05) is 12.1 Å². The number of rotatable bonds is 2. The molecular weight excluding hydrogens is 180 g/mol. The van der Waals surface area contributed by atoms with Gasteiger partial charge in [-0.2, -0.15) is 0 Å². The number of nitrogens with one attached hydrogen (secondary N) is 1. The van der Waals surface area contributed by atoms with Gasteiger partial charge in [-0.1, -0.05) is 0 Å². The van der Waals surface area contributed by atoms with Gasteiger partial charge < -0.3 is 15.8 Å². The first-order valence-electron chi connectivity index (χ1n) is 5.30. The molecule has 82 valence electrons. The van der Waals surface area contributed by atoms with Gasteiger partial charge in [-0.15, -0.1) is 0 Å². The molecule has 3 N–H and O–H groups in total. The summed E-state index contributed by atoms with van der Waals surface area (Å²) in [6.07, 6.45) is 3.56. The first-order valence-corrected chi connectivity index (χ1v) is 5.30. The minimum Gasteiger partial charge on any atom is -0.447 e. The molecule has 0 aromatic rings. The Bertz CT molecular complexity index is 187. The van der Waals surface area contributed by atoms with Gasteiger partial charge in [0.2, 0.25) is 0 Å². The van der Waals surface area contributed by atoms with Crippen molar-refractivity contribution in [3.63, 3.8) is 0 Å². The maximum atomic E-state index is 11.2. The van der Waals surface area contributed by atoms with Crippen LogP contribution < -0.4 is 11.1 Å². The maximum Gasteiger partial charge on any atom is 0.407 e. The average Bonchev–Trinajstić information content (AvgIpc) is 2.07. The van der Waals surface area contributed by atoms with Crippen LogP contribution in [0.25, 0.3) is 0 Å². The van der Waals surface area contributed by atoms with Crippen molar-refractivity contribution in [1.29, 1.82) is 0 Å². The summed E-state index contributed by atoms with van der Waals surface area (Å²) in [5, 5.41) is 2.85. The van der Waals surface area contributed by atoms with Gasteiger partial charge in [-0.05, 0) is 39.5 Å². The molecule has 0 bridgehead atoms. The number of carbonyl (C=O) groups is 1. The van der Waals surface area contributed by atoms with Crippen LogP contribution in [0.2, 0.25) is 0 Å². The monoisotopic (exact) mass is 200 g/mol. The van der Waals surface area contributed by atoms with Crippen LogP contribution in [0.1, 0.15) is 39.5 Å². The van der Waals surface area contributed by atoms with Crippen LogP contribution in [-0.2, 0) is 4.74 Å². The predicted octanol–water partition coefficient (Wildman–Crippen LogP) is 1.39. The second-order valence-corrected chi connectivity index (χ2v) is 4.21. The van der Waals surface area contributed by atoms with Crippen LogP contribution in [0.3, 0.4) is 0 Å². The Morgan fingerprint density at radius 3 is 2.43 bits per heavy atom. The highest BCUT2D eigenvalue weighted by molar-refractivity contribution is 5.67. The lowest BCUT2D eigenvalue weighted by molar-refractivity contribution is 0.109. The Labute approximate surface area is 85.2 Å². The highest BCUT2D eigenvalue weighted by Gasteiger charge is 2.20. The van der Waals surface area contributed by atoms with Crippen molar-refractivity contribution in [2.45, 2.75) is 57.7 Å². The minimum atomic E-state index is -0.305. The van der Waals surface area contributed by atoms with Crippen molar-refractivity contribution >= 4 is 6.09 Å². The largest absolute Gasteiger partial charge is 0.447 e. The molecule has 4 heteroatoms. The van der Waals surface area contributed by atoms with Gasteiger partial charge in [0.05, 0.1) is 6.10 Å². The van der Waals surface area contributed by atoms with E-state index >= 15 is 0 Å². The lowest BCUT2D eigenvalue weighted by atomic mass is 9.92. The van der Waals surface area contributed by atoms with E-state index in [0.29, 0.717) is 6.04 Å². The molecule has 0 aromatic carbocycles. The second kappa shape index (κ2) is 5.20. The highest BCUT2D eigenvalue weighted by Crippen LogP contribution is 2.16. The molecule has 0 heterocycles. The number of carbonyl (C=O) groups excluding carboxylic acids is 1. The Kier molecular flexibility index (Phi) is 4.20. The number of ether oxygens (including phenoxy) is 1. The molecule has 0 spiro atoms. The molecule has 14 heavy (non-hydrogen) atoms. The van der Waals surface area contributed by atoms with Crippen molar-refractivity contribution in [3.05, 3.63) is 0 Å². The standard InChI is InChI=1S/C10H20N2O2/c1-7(2)14-10(13)12-9-5-3-8(11)4-6-9/h7-9H,3-6,11H2,1-2H3,(H,12,13). The molecular formula is C10H20N2O2. The third kappa shape index (κ3) is 3.96. The zero-order valence-electron chi connectivity index (χ0n) is 8.95. The molecule has 1 saturated carbocycles. The fraction of sp³-hybridized carbons (Fsp3) is 0.900. The topological polar surface area (TPSA) is 64.3 Å². The van der Waals surface area contributed by atoms with E-state index in [1.54, 1.807) is 0 Å². The fourth-order valence-electron chi connectivity index (χ4n) is 1.68. The third-order valence-corrected chi connectivity index (χ3v) is 2.44. The molecule has 4 nitrogen and oxygen atoms in total. The summed E-state index contributed by atoms with van der Waals surface area (Å²) >= 11 is 0. The van der Waals surface area contributed by atoms with Crippen LogP contribution in [0.15, 0.2) is 0 Å². The summed E-state index contributed by atoms with van der Waals surface area (Å²) in [5.41, 5.74) is 5.76. The zero-order valence-corrected chi connectivity index (χ0v) is 8.95. The van der Waals surface area contributed by atoms with Crippen molar-refractivity contribution in [3.8, 4) is 0 Å². The molecule has 1 amide bonds. The van der Waals surface area contributed by atoms with Crippen LogP contribution >= 0.6 is 0 Å². The van der Waals surface area contributed by atoms with E-state index in [4.69, 9.17) is 10.5 Å². The number of nitrogens with two attached hydrogens (primary N) is 1. The molecule has 0 radical (unpaired) electrons. The second-order valence-electron chi connectivity index (χ2n) is 4.21. The molecule has 1 fully saturated rings. The summed E-state index contributed by atoms with van der Waals surface area (Å²) in [7, 11) is 0. The normalized spacial score (nSPS) is 27.4. The first-order chi connectivity index (χ1) is 6.58. The van der Waals surface area contributed by atoms with E-state index in [-0.39, 0.29) is 18.2 Å². The molecule has 1 aliphatic carbocycles. The first kappa shape index (κ1) is 11.3. The maximum absolute atomic E-state index is 11.2. The average molecular weight is 200 g/mol. The summed E-state index contributed by atoms with van der Waals surface area (Å²) in [4.78, 5) is 11.2. The van der Waals surface area contributed by atoms with Crippen molar-refractivity contribution in [2.24, 2.45) is 5.73 Å². The summed E-state index contributed by atoms with van der Waals surface area (Å²) in [5.74, 6) is 0. The fourth-order valence-corrected chi connectivity index (χ4v) is 1.68. The van der Waals surface area contributed by atoms with Crippen molar-refractivity contribution in [2.75, 3.05) is 0 Å². The lowest BCUT2D eigenvalue weighted by Crippen LogP contribution is -2.41. The van der Waals surface area contributed by atoms with Crippen LogP contribution in [0.4, 0.5) is 4.79 Å².